The summed E-state index contributed by atoms with van der Waals surface area (Å²) >= 11 is 0. The summed E-state index contributed by atoms with van der Waals surface area (Å²) < 4.78 is 10.4. The summed E-state index contributed by atoms with van der Waals surface area (Å²) in [6.07, 6.45) is 0. The minimum atomic E-state index is -0.594. The molecule has 0 saturated carbocycles. The molecular weight excluding hydrogens is 282 g/mol. The second kappa shape index (κ2) is 7.04. The summed E-state index contributed by atoms with van der Waals surface area (Å²) in [5, 5.41) is 8.92. The molecule has 0 aliphatic heterocycles. The van der Waals surface area contributed by atoms with E-state index in [2.05, 4.69) is 0 Å². The number of benzene rings is 2. The number of esters is 1. The Morgan fingerprint density at radius 1 is 1.09 bits per heavy atom. The number of para-hydroxylation sites is 1. The van der Waals surface area contributed by atoms with E-state index in [1.54, 1.807) is 36.4 Å². The standard InChI is InChI=1S/C17H13NO4/c1-12(19)13-6-8-15(9-7-13)22-17(20)11-21-16-5-3-2-4-14(16)10-18/h2-9H,11H2,1H3. The van der Waals surface area contributed by atoms with Gasteiger partial charge in [0.05, 0.1) is 5.56 Å². The van der Waals surface area contributed by atoms with Gasteiger partial charge in [-0.3, -0.25) is 4.79 Å². The second-order valence-corrected chi connectivity index (χ2v) is 4.45. The van der Waals surface area contributed by atoms with E-state index in [-0.39, 0.29) is 12.4 Å². The number of ketones is 1. The van der Waals surface area contributed by atoms with Gasteiger partial charge in [-0.1, -0.05) is 12.1 Å². The number of nitrogens with zero attached hydrogens (tertiary/aromatic N) is 1. The third kappa shape index (κ3) is 3.93. The zero-order valence-corrected chi connectivity index (χ0v) is 11.9. The molecule has 22 heavy (non-hydrogen) atoms. The summed E-state index contributed by atoms with van der Waals surface area (Å²) in [5.74, 6) is -0.00122. The molecule has 2 rings (SSSR count). The lowest BCUT2D eigenvalue weighted by molar-refractivity contribution is -0.136. The lowest BCUT2D eigenvalue weighted by atomic mass is 10.1. The Kier molecular flexibility index (Phi) is 4.89. The van der Waals surface area contributed by atoms with Gasteiger partial charge >= 0.3 is 5.97 Å². The van der Waals surface area contributed by atoms with E-state index in [1.807, 2.05) is 6.07 Å². The summed E-state index contributed by atoms with van der Waals surface area (Å²) in [6, 6.07) is 14.8. The molecule has 5 heteroatoms. The van der Waals surface area contributed by atoms with Crippen LogP contribution >= 0.6 is 0 Å². The lowest BCUT2D eigenvalue weighted by Gasteiger charge is -2.08. The third-order valence-electron chi connectivity index (χ3n) is 2.85. The fraction of sp³-hybridized carbons (Fsp3) is 0.118. The van der Waals surface area contributed by atoms with Crippen molar-refractivity contribution < 1.29 is 19.1 Å². The van der Waals surface area contributed by atoms with Gasteiger partial charge in [-0.2, -0.15) is 5.26 Å². The van der Waals surface area contributed by atoms with E-state index in [9.17, 15) is 9.59 Å². The topological polar surface area (TPSA) is 76.4 Å². The molecule has 0 fully saturated rings. The summed E-state index contributed by atoms with van der Waals surface area (Å²) in [4.78, 5) is 22.9. The highest BCUT2D eigenvalue weighted by Gasteiger charge is 2.09. The first-order chi connectivity index (χ1) is 10.6. The van der Waals surface area contributed by atoms with Gasteiger partial charge in [0.15, 0.2) is 12.4 Å². The first kappa shape index (κ1) is 15.3. The second-order valence-electron chi connectivity index (χ2n) is 4.45. The Balaban J connectivity index is 1.93. The van der Waals surface area contributed by atoms with Crippen molar-refractivity contribution in [3.05, 3.63) is 59.7 Å². The fourth-order valence-electron chi connectivity index (χ4n) is 1.74. The number of Topliss-reactive ketones (excluding diaryl/α,β-unsaturated/α-hetero) is 1. The van der Waals surface area contributed by atoms with Gasteiger partial charge in [0.2, 0.25) is 0 Å². The molecule has 0 saturated heterocycles. The molecule has 0 amide bonds. The van der Waals surface area contributed by atoms with Crippen molar-refractivity contribution in [3.63, 3.8) is 0 Å². The van der Waals surface area contributed by atoms with Gasteiger partial charge in [-0.25, -0.2) is 4.79 Å². The number of nitriles is 1. The zero-order valence-electron chi connectivity index (χ0n) is 11.9. The van der Waals surface area contributed by atoms with Crippen molar-refractivity contribution in [2.45, 2.75) is 6.92 Å². The third-order valence-corrected chi connectivity index (χ3v) is 2.85. The van der Waals surface area contributed by atoms with Crippen LogP contribution in [0.15, 0.2) is 48.5 Å². The molecular formula is C17H13NO4. The number of carbonyl (C=O) groups is 2. The van der Waals surface area contributed by atoms with Crippen LogP contribution in [0.2, 0.25) is 0 Å². The molecule has 0 N–H and O–H groups in total. The van der Waals surface area contributed by atoms with Gasteiger partial charge in [0, 0.05) is 5.56 Å². The van der Waals surface area contributed by atoms with Crippen LogP contribution in [0.1, 0.15) is 22.8 Å². The van der Waals surface area contributed by atoms with Crippen molar-refractivity contribution in [2.24, 2.45) is 0 Å². The molecule has 0 bridgehead atoms. The van der Waals surface area contributed by atoms with Crippen molar-refractivity contribution in [2.75, 3.05) is 6.61 Å². The lowest BCUT2D eigenvalue weighted by Crippen LogP contribution is -2.18. The number of ether oxygens (including phenoxy) is 2. The summed E-state index contributed by atoms with van der Waals surface area (Å²) in [7, 11) is 0. The summed E-state index contributed by atoms with van der Waals surface area (Å²) in [6.45, 7) is 1.15. The highest BCUT2D eigenvalue weighted by Crippen LogP contribution is 2.17. The van der Waals surface area contributed by atoms with Gasteiger partial charge < -0.3 is 9.47 Å². The van der Waals surface area contributed by atoms with Crippen molar-refractivity contribution in [3.8, 4) is 17.6 Å². The molecule has 0 spiro atoms. The quantitative estimate of drug-likeness (QED) is 0.481. The fourth-order valence-corrected chi connectivity index (χ4v) is 1.74. The Hall–Kier alpha value is -3.13. The van der Waals surface area contributed by atoms with E-state index in [0.29, 0.717) is 22.6 Å². The monoisotopic (exact) mass is 295 g/mol. The Bertz CT molecular complexity index is 729. The zero-order chi connectivity index (χ0) is 15.9. The van der Waals surface area contributed by atoms with Crippen LogP contribution in [-0.2, 0) is 4.79 Å². The van der Waals surface area contributed by atoms with Gasteiger partial charge in [-0.05, 0) is 43.3 Å². The van der Waals surface area contributed by atoms with Crippen LogP contribution in [-0.4, -0.2) is 18.4 Å². The molecule has 0 aromatic heterocycles. The van der Waals surface area contributed by atoms with Crippen LogP contribution in [0.5, 0.6) is 11.5 Å². The first-order valence-electron chi connectivity index (χ1n) is 6.54. The van der Waals surface area contributed by atoms with Crippen molar-refractivity contribution in [1.29, 1.82) is 5.26 Å². The predicted octanol–water partition coefficient (Wildman–Crippen LogP) is 2.75. The molecule has 0 unspecified atom stereocenters. The maximum atomic E-state index is 11.7. The van der Waals surface area contributed by atoms with Crippen LogP contribution in [0.3, 0.4) is 0 Å². The number of carbonyl (C=O) groups excluding carboxylic acids is 2. The van der Waals surface area contributed by atoms with Crippen LogP contribution in [0.25, 0.3) is 0 Å². The largest absolute Gasteiger partial charge is 0.481 e. The molecule has 0 radical (unpaired) electrons. The highest BCUT2D eigenvalue weighted by molar-refractivity contribution is 5.94. The van der Waals surface area contributed by atoms with Crippen LogP contribution in [0.4, 0.5) is 0 Å². The van der Waals surface area contributed by atoms with E-state index < -0.39 is 5.97 Å². The molecule has 2 aromatic carbocycles. The molecule has 0 aliphatic rings. The molecule has 0 atom stereocenters. The average Bonchev–Trinajstić information content (AvgIpc) is 2.53. The predicted molar refractivity (Wildman–Crippen MR) is 78.7 cm³/mol. The van der Waals surface area contributed by atoms with Crippen LogP contribution < -0.4 is 9.47 Å². The minimum Gasteiger partial charge on any atom is -0.481 e. The summed E-state index contributed by atoms with van der Waals surface area (Å²) in [5.41, 5.74) is 0.889. The smallest absolute Gasteiger partial charge is 0.349 e. The van der Waals surface area contributed by atoms with E-state index in [1.165, 1.54) is 19.1 Å². The molecule has 5 nitrogen and oxygen atoms in total. The van der Waals surface area contributed by atoms with E-state index in [4.69, 9.17) is 14.7 Å². The Morgan fingerprint density at radius 2 is 1.77 bits per heavy atom. The minimum absolute atomic E-state index is 0.0608. The van der Waals surface area contributed by atoms with Gasteiger partial charge in [-0.15, -0.1) is 0 Å². The number of hydrogen-bond donors (Lipinski definition) is 0. The maximum absolute atomic E-state index is 11.7. The van der Waals surface area contributed by atoms with Crippen molar-refractivity contribution in [1.82, 2.24) is 0 Å². The van der Waals surface area contributed by atoms with E-state index in [0.717, 1.165) is 0 Å². The normalized spacial score (nSPS) is 9.64. The van der Waals surface area contributed by atoms with Gasteiger partial charge in [0.1, 0.15) is 17.6 Å². The molecule has 110 valence electrons. The molecule has 0 aliphatic carbocycles. The number of rotatable bonds is 5. The average molecular weight is 295 g/mol. The van der Waals surface area contributed by atoms with E-state index >= 15 is 0 Å². The molecule has 2 aromatic rings. The molecule has 0 heterocycles. The van der Waals surface area contributed by atoms with Crippen LogP contribution in [0, 0.1) is 11.3 Å². The Morgan fingerprint density at radius 3 is 2.41 bits per heavy atom. The first-order valence-corrected chi connectivity index (χ1v) is 6.54. The Labute approximate surface area is 127 Å². The number of hydrogen-bond acceptors (Lipinski definition) is 5. The van der Waals surface area contributed by atoms with Gasteiger partial charge in [0.25, 0.3) is 0 Å². The highest BCUT2D eigenvalue weighted by atomic mass is 16.6. The van der Waals surface area contributed by atoms with Crippen molar-refractivity contribution >= 4 is 11.8 Å². The maximum Gasteiger partial charge on any atom is 0.349 e. The SMILES string of the molecule is CC(=O)c1ccc(OC(=O)COc2ccccc2C#N)cc1.